The van der Waals surface area contributed by atoms with E-state index < -0.39 is 39.0 Å². The molecule has 1 amide bonds. The van der Waals surface area contributed by atoms with Gasteiger partial charge in [0.05, 0.1) is 29.8 Å². The van der Waals surface area contributed by atoms with Crippen molar-refractivity contribution in [2.24, 2.45) is 0 Å². The Morgan fingerprint density at radius 3 is 2.68 bits per heavy atom. The Balaban J connectivity index is 1.94. The number of nitrogens with one attached hydrogen (secondary N) is 1. The molecule has 5 nitrogen and oxygen atoms in total. The summed E-state index contributed by atoms with van der Waals surface area (Å²) in [4.78, 5) is 16.1. The average molecular weight is 416 g/mol. The lowest BCUT2D eigenvalue weighted by Gasteiger charge is -2.16. The van der Waals surface area contributed by atoms with Crippen molar-refractivity contribution in [3.63, 3.8) is 0 Å². The molecule has 0 aliphatic heterocycles. The quantitative estimate of drug-likeness (QED) is 0.470. The molecule has 156 valence electrons. The summed E-state index contributed by atoms with van der Waals surface area (Å²) in [5.74, 6) is -0.619. The second-order valence-corrected chi connectivity index (χ2v) is 13.8. The first kappa shape index (κ1) is 22.4. The summed E-state index contributed by atoms with van der Waals surface area (Å²) in [6.07, 6.45) is -4.31. The largest absolute Gasteiger partial charge is 0.389 e. The molecule has 9 heteroatoms. The lowest BCUT2D eigenvalue weighted by atomic mass is 10.1. The maximum Gasteiger partial charge on any atom is 0.389 e. The number of hydrogen-bond donors (Lipinski definition) is 1. The summed E-state index contributed by atoms with van der Waals surface area (Å²) in [6.45, 7) is 9.77. The lowest BCUT2D eigenvalue weighted by Crippen LogP contribution is -2.27. The summed E-state index contributed by atoms with van der Waals surface area (Å²) < 4.78 is 44.3. The van der Waals surface area contributed by atoms with E-state index in [1.54, 1.807) is 13.3 Å². The molecular weight excluding hydrogens is 387 g/mol. The Morgan fingerprint density at radius 1 is 1.32 bits per heavy atom. The number of aromatic nitrogens is 2. The van der Waals surface area contributed by atoms with Gasteiger partial charge in [0.25, 0.3) is 0 Å². The zero-order valence-corrected chi connectivity index (χ0v) is 17.8. The minimum Gasteiger partial charge on any atom is -0.361 e. The molecule has 28 heavy (non-hydrogen) atoms. The first-order valence-electron chi connectivity index (χ1n) is 9.33. The first-order chi connectivity index (χ1) is 12.9. The fourth-order valence-electron chi connectivity index (χ4n) is 2.65. The second kappa shape index (κ2) is 9.08. The Morgan fingerprint density at radius 2 is 2.04 bits per heavy atom. The van der Waals surface area contributed by atoms with E-state index in [-0.39, 0.29) is 0 Å². The number of hydrogen-bond acceptors (Lipinski definition) is 3. The molecule has 1 N–H and O–H groups in total. The number of carbonyl (C=O) groups excluding carboxylic acids is 1. The SMILES string of the molecule is CC(NC(=O)CCC(F)(F)F)c1ccc2c(c1)ncn2COCC[Si](C)(C)C. The summed E-state index contributed by atoms with van der Waals surface area (Å²) in [5.41, 5.74) is 2.45. The maximum atomic E-state index is 12.2. The van der Waals surface area contributed by atoms with Gasteiger partial charge in [-0.1, -0.05) is 25.7 Å². The van der Waals surface area contributed by atoms with Crippen LogP contribution in [0.25, 0.3) is 11.0 Å². The number of nitrogens with zero attached hydrogens (tertiary/aromatic N) is 2. The monoisotopic (exact) mass is 415 g/mol. The van der Waals surface area contributed by atoms with Gasteiger partial charge in [-0.2, -0.15) is 13.2 Å². The number of amides is 1. The molecule has 0 aliphatic carbocycles. The van der Waals surface area contributed by atoms with Gasteiger partial charge in [-0.15, -0.1) is 0 Å². The molecule has 0 bridgehead atoms. The van der Waals surface area contributed by atoms with E-state index in [2.05, 4.69) is 29.9 Å². The van der Waals surface area contributed by atoms with Crippen molar-refractivity contribution >= 4 is 25.0 Å². The molecule has 1 atom stereocenters. The molecule has 0 radical (unpaired) electrons. The van der Waals surface area contributed by atoms with E-state index in [4.69, 9.17) is 4.74 Å². The molecule has 0 saturated heterocycles. The van der Waals surface area contributed by atoms with Crippen molar-refractivity contribution in [2.45, 2.75) is 64.4 Å². The third-order valence-corrected chi connectivity index (χ3v) is 6.09. The fraction of sp³-hybridized carbons (Fsp3) is 0.579. The van der Waals surface area contributed by atoms with E-state index in [1.807, 2.05) is 22.8 Å². The van der Waals surface area contributed by atoms with Crippen LogP contribution in [-0.4, -0.2) is 36.3 Å². The molecule has 1 unspecified atom stereocenters. The van der Waals surface area contributed by atoms with Gasteiger partial charge in [-0.05, 0) is 30.7 Å². The summed E-state index contributed by atoms with van der Waals surface area (Å²) in [5, 5.41) is 2.60. The van der Waals surface area contributed by atoms with Crippen LogP contribution in [0.4, 0.5) is 13.2 Å². The number of halogens is 3. The van der Waals surface area contributed by atoms with Gasteiger partial charge in [0.2, 0.25) is 5.91 Å². The topological polar surface area (TPSA) is 56.2 Å². The zero-order valence-electron chi connectivity index (χ0n) is 16.8. The van der Waals surface area contributed by atoms with E-state index in [0.717, 1.165) is 22.6 Å². The van der Waals surface area contributed by atoms with Gasteiger partial charge in [0.15, 0.2) is 0 Å². The molecule has 2 rings (SSSR count). The highest BCUT2D eigenvalue weighted by molar-refractivity contribution is 6.76. The van der Waals surface area contributed by atoms with Crippen molar-refractivity contribution in [1.82, 2.24) is 14.9 Å². The third-order valence-electron chi connectivity index (χ3n) is 4.38. The second-order valence-electron chi connectivity index (χ2n) is 8.21. The number of rotatable bonds is 9. The standard InChI is InChI=1S/C19H28F3N3O2Si/c1-14(24-18(26)7-8-19(20,21)22)15-5-6-17-16(11-15)23-12-25(17)13-27-9-10-28(2,3)4/h5-6,11-12,14H,7-10,13H2,1-4H3,(H,24,26). The van der Waals surface area contributed by atoms with E-state index >= 15 is 0 Å². The van der Waals surface area contributed by atoms with Crippen molar-refractivity contribution in [3.8, 4) is 0 Å². The predicted molar refractivity (Wildman–Crippen MR) is 106 cm³/mol. The Kier molecular flexibility index (Phi) is 7.27. The highest BCUT2D eigenvalue weighted by Gasteiger charge is 2.28. The molecule has 0 spiro atoms. The van der Waals surface area contributed by atoms with E-state index in [1.165, 1.54) is 0 Å². The zero-order chi connectivity index (χ0) is 20.9. The normalized spacial score (nSPS) is 13.7. The van der Waals surface area contributed by atoms with Crippen molar-refractivity contribution in [3.05, 3.63) is 30.1 Å². The van der Waals surface area contributed by atoms with E-state index in [9.17, 15) is 18.0 Å². The fourth-order valence-corrected chi connectivity index (χ4v) is 3.40. The Hall–Kier alpha value is -1.87. The molecule has 2 aromatic rings. The van der Waals surface area contributed by atoms with Gasteiger partial charge in [0.1, 0.15) is 6.73 Å². The lowest BCUT2D eigenvalue weighted by molar-refractivity contribution is -0.144. The molecule has 1 aromatic heterocycles. The number of fused-ring (bicyclic) bond motifs is 1. The van der Waals surface area contributed by atoms with Crippen molar-refractivity contribution < 1.29 is 22.7 Å². The molecule has 0 aliphatic rings. The predicted octanol–water partition coefficient (Wildman–Crippen LogP) is 4.87. The van der Waals surface area contributed by atoms with Crippen molar-refractivity contribution in [2.75, 3.05) is 6.61 Å². The van der Waals surface area contributed by atoms with Crippen LogP contribution in [0.3, 0.4) is 0 Å². The minimum absolute atomic E-state index is 0.400. The van der Waals surface area contributed by atoms with Gasteiger partial charge in [0, 0.05) is 21.1 Å². The van der Waals surface area contributed by atoms with Crippen LogP contribution in [0, 0.1) is 0 Å². The minimum atomic E-state index is -4.33. The van der Waals surface area contributed by atoms with Crippen LogP contribution in [0.5, 0.6) is 0 Å². The van der Waals surface area contributed by atoms with Crippen LogP contribution in [0.2, 0.25) is 25.7 Å². The number of imidazole rings is 1. The highest BCUT2D eigenvalue weighted by Crippen LogP contribution is 2.23. The third kappa shape index (κ3) is 7.27. The number of ether oxygens (including phenoxy) is 1. The summed E-state index contributed by atoms with van der Waals surface area (Å²) in [6, 6.07) is 6.26. The van der Waals surface area contributed by atoms with Crippen LogP contribution >= 0.6 is 0 Å². The smallest absolute Gasteiger partial charge is 0.361 e. The molecule has 1 aromatic carbocycles. The van der Waals surface area contributed by atoms with Crippen LogP contribution < -0.4 is 5.32 Å². The molecular formula is C19H28F3N3O2Si. The van der Waals surface area contributed by atoms with Gasteiger partial charge in [-0.25, -0.2) is 4.98 Å². The molecule has 1 heterocycles. The van der Waals surface area contributed by atoms with Crippen LogP contribution in [0.15, 0.2) is 24.5 Å². The van der Waals surface area contributed by atoms with Crippen molar-refractivity contribution in [1.29, 1.82) is 0 Å². The number of benzene rings is 1. The Bertz CT molecular complexity index is 800. The first-order valence-corrected chi connectivity index (χ1v) is 13.0. The Labute approximate surface area is 164 Å². The maximum absolute atomic E-state index is 12.2. The average Bonchev–Trinajstić information content (AvgIpc) is 2.97. The molecule has 0 saturated carbocycles. The van der Waals surface area contributed by atoms with Crippen LogP contribution in [-0.2, 0) is 16.3 Å². The van der Waals surface area contributed by atoms with Gasteiger partial charge >= 0.3 is 6.18 Å². The summed E-state index contributed by atoms with van der Waals surface area (Å²) in [7, 11) is -1.13. The van der Waals surface area contributed by atoms with Gasteiger partial charge in [-0.3, -0.25) is 4.79 Å². The van der Waals surface area contributed by atoms with E-state index in [0.29, 0.717) is 13.3 Å². The van der Waals surface area contributed by atoms with Crippen LogP contribution in [0.1, 0.15) is 31.4 Å². The summed E-state index contributed by atoms with van der Waals surface area (Å²) >= 11 is 0. The number of carbonyl (C=O) groups is 1. The van der Waals surface area contributed by atoms with Gasteiger partial charge < -0.3 is 14.6 Å². The highest BCUT2D eigenvalue weighted by atomic mass is 28.3. The number of alkyl halides is 3. The molecule has 0 fully saturated rings.